The molecule has 0 fully saturated rings. The summed E-state index contributed by atoms with van der Waals surface area (Å²) >= 11 is 0. The second-order valence-electron chi connectivity index (χ2n) is 5.42. The Balaban J connectivity index is 2.21. The van der Waals surface area contributed by atoms with Gasteiger partial charge in [0.2, 0.25) is 0 Å². The molecule has 0 aliphatic rings. The molecule has 0 saturated carbocycles. The van der Waals surface area contributed by atoms with Gasteiger partial charge in [-0.25, -0.2) is 4.79 Å². The summed E-state index contributed by atoms with van der Waals surface area (Å²) in [5.74, 6) is -0.894. The number of carboxylic acid groups (broad SMARTS) is 1. The zero-order valence-corrected chi connectivity index (χ0v) is 12.7. The predicted octanol–water partition coefficient (Wildman–Crippen LogP) is 2.42. The van der Waals surface area contributed by atoms with Gasteiger partial charge >= 0.3 is 12.0 Å². The summed E-state index contributed by atoms with van der Waals surface area (Å²) in [6.07, 6.45) is 2.22. The van der Waals surface area contributed by atoms with Crippen molar-refractivity contribution in [1.82, 2.24) is 10.6 Å². The van der Waals surface area contributed by atoms with Gasteiger partial charge in [-0.1, -0.05) is 37.3 Å². The molecule has 1 aromatic carbocycles. The lowest BCUT2D eigenvalue weighted by Crippen LogP contribution is -2.44. The van der Waals surface area contributed by atoms with Gasteiger partial charge in [0, 0.05) is 13.1 Å². The standard InChI is InChI=1S/C16H24N2O3/c1-3-16(2,14(19)20)12-18-15(21)17-11-7-10-13-8-5-4-6-9-13/h4-6,8-9H,3,7,10-12H2,1-2H3,(H,19,20)(H2,17,18,21). The molecule has 0 spiro atoms. The fourth-order valence-corrected chi connectivity index (χ4v) is 1.83. The lowest BCUT2D eigenvalue weighted by molar-refractivity contribution is -0.147. The summed E-state index contributed by atoms with van der Waals surface area (Å²) in [6.45, 7) is 4.12. The number of amides is 2. The van der Waals surface area contributed by atoms with Crippen LogP contribution in [0.4, 0.5) is 4.79 Å². The zero-order chi connectivity index (χ0) is 15.7. The van der Waals surface area contributed by atoms with Crippen molar-refractivity contribution in [3.63, 3.8) is 0 Å². The van der Waals surface area contributed by atoms with Gasteiger partial charge in [-0.2, -0.15) is 0 Å². The van der Waals surface area contributed by atoms with Gasteiger partial charge in [-0.15, -0.1) is 0 Å². The summed E-state index contributed by atoms with van der Waals surface area (Å²) in [4.78, 5) is 22.7. The topological polar surface area (TPSA) is 78.4 Å². The number of rotatable bonds is 8. The molecular formula is C16H24N2O3. The number of aryl methyl sites for hydroxylation is 1. The highest BCUT2D eigenvalue weighted by Crippen LogP contribution is 2.19. The molecule has 1 aromatic rings. The average Bonchev–Trinajstić information content (AvgIpc) is 2.50. The number of carbonyl (C=O) groups is 2. The highest BCUT2D eigenvalue weighted by Gasteiger charge is 2.31. The molecule has 0 heterocycles. The smallest absolute Gasteiger partial charge is 0.314 e. The molecule has 0 aromatic heterocycles. The van der Waals surface area contributed by atoms with E-state index in [9.17, 15) is 9.59 Å². The van der Waals surface area contributed by atoms with E-state index in [0.717, 1.165) is 12.8 Å². The van der Waals surface area contributed by atoms with Crippen LogP contribution in [0.5, 0.6) is 0 Å². The van der Waals surface area contributed by atoms with Gasteiger partial charge in [0.05, 0.1) is 5.41 Å². The second-order valence-corrected chi connectivity index (χ2v) is 5.42. The zero-order valence-electron chi connectivity index (χ0n) is 12.7. The fraction of sp³-hybridized carbons (Fsp3) is 0.500. The molecule has 21 heavy (non-hydrogen) atoms. The number of hydrogen-bond donors (Lipinski definition) is 3. The molecule has 0 bridgehead atoms. The van der Waals surface area contributed by atoms with E-state index in [1.165, 1.54) is 5.56 Å². The van der Waals surface area contributed by atoms with Crippen molar-refractivity contribution in [2.45, 2.75) is 33.1 Å². The quantitative estimate of drug-likeness (QED) is 0.644. The molecule has 5 heteroatoms. The Morgan fingerprint density at radius 1 is 1.19 bits per heavy atom. The van der Waals surface area contributed by atoms with Gasteiger partial charge in [-0.3, -0.25) is 4.79 Å². The highest BCUT2D eigenvalue weighted by atomic mass is 16.4. The van der Waals surface area contributed by atoms with Crippen LogP contribution in [0.3, 0.4) is 0 Å². The Morgan fingerprint density at radius 2 is 1.86 bits per heavy atom. The molecule has 1 unspecified atom stereocenters. The Bertz CT molecular complexity index is 462. The minimum Gasteiger partial charge on any atom is -0.481 e. The van der Waals surface area contributed by atoms with Gasteiger partial charge in [0.25, 0.3) is 0 Å². The Kier molecular flexibility index (Phi) is 6.72. The first-order valence-corrected chi connectivity index (χ1v) is 7.27. The summed E-state index contributed by atoms with van der Waals surface area (Å²) in [5, 5.41) is 14.5. The molecular weight excluding hydrogens is 268 g/mol. The molecule has 0 saturated heterocycles. The van der Waals surface area contributed by atoms with Crippen LogP contribution in [0.1, 0.15) is 32.3 Å². The van der Waals surface area contributed by atoms with E-state index < -0.39 is 11.4 Å². The third kappa shape index (κ3) is 5.85. The van der Waals surface area contributed by atoms with Crippen molar-refractivity contribution in [3.8, 4) is 0 Å². The number of benzene rings is 1. The van der Waals surface area contributed by atoms with E-state index in [1.54, 1.807) is 13.8 Å². The molecule has 2 amide bonds. The highest BCUT2D eigenvalue weighted by molar-refractivity contribution is 5.77. The average molecular weight is 292 g/mol. The number of hydrogen-bond acceptors (Lipinski definition) is 2. The first-order chi connectivity index (χ1) is 9.98. The number of urea groups is 1. The minimum atomic E-state index is -0.915. The molecule has 5 nitrogen and oxygen atoms in total. The lowest BCUT2D eigenvalue weighted by Gasteiger charge is -2.23. The third-order valence-electron chi connectivity index (χ3n) is 3.71. The summed E-state index contributed by atoms with van der Waals surface area (Å²) in [7, 11) is 0. The molecule has 116 valence electrons. The Morgan fingerprint density at radius 3 is 2.43 bits per heavy atom. The van der Waals surface area contributed by atoms with Crippen molar-refractivity contribution in [2.24, 2.45) is 5.41 Å². The van der Waals surface area contributed by atoms with Crippen LogP contribution in [0, 0.1) is 5.41 Å². The van der Waals surface area contributed by atoms with E-state index >= 15 is 0 Å². The molecule has 0 aliphatic carbocycles. The van der Waals surface area contributed by atoms with Crippen molar-refractivity contribution in [3.05, 3.63) is 35.9 Å². The second kappa shape index (κ2) is 8.29. The maximum atomic E-state index is 11.6. The Hall–Kier alpha value is -2.04. The van der Waals surface area contributed by atoms with Gasteiger partial charge < -0.3 is 15.7 Å². The van der Waals surface area contributed by atoms with Crippen molar-refractivity contribution in [2.75, 3.05) is 13.1 Å². The SMILES string of the molecule is CCC(C)(CNC(=O)NCCCc1ccccc1)C(=O)O. The third-order valence-corrected chi connectivity index (χ3v) is 3.71. The first-order valence-electron chi connectivity index (χ1n) is 7.27. The van der Waals surface area contributed by atoms with Crippen LogP contribution in [0.15, 0.2) is 30.3 Å². The largest absolute Gasteiger partial charge is 0.481 e. The lowest BCUT2D eigenvalue weighted by atomic mass is 9.88. The molecule has 0 aliphatic heterocycles. The van der Waals surface area contributed by atoms with Crippen LogP contribution in [-0.2, 0) is 11.2 Å². The maximum absolute atomic E-state index is 11.6. The number of aliphatic carboxylic acids is 1. The van der Waals surface area contributed by atoms with Gasteiger partial charge in [0.1, 0.15) is 0 Å². The first kappa shape index (κ1) is 17.0. The van der Waals surface area contributed by atoms with Crippen LogP contribution in [0.2, 0.25) is 0 Å². The van der Waals surface area contributed by atoms with E-state index in [-0.39, 0.29) is 12.6 Å². The van der Waals surface area contributed by atoms with E-state index in [4.69, 9.17) is 5.11 Å². The minimum absolute atomic E-state index is 0.128. The molecule has 1 atom stereocenters. The monoisotopic (exact) mass is 292 g/mol. The summed E-state index contributed by atoms with van der Waals surface area (Å²) in [6, 6.07) is 9.76. The normalized spacial score (nSPS) is 13.2. The van der Waals surface area contributed by atoms with Crippen LogP contribution < -0.4 is 10.6 Å². The maximum Gasteiger partial charge on any atom is 0.314 e. The van der Waals surface area contributed by atoms with Gasteiger partial charge in [0.15, 0.2) is 0 Å². The summed E-state index contributed by atoms with van der Waals surface area (Å²) < 4.78 is 0. The summed E-state index contributed by atoms with van der Waals surface area (Å²) in [5.41, 5.74) is 0.325. The predicted molar refractivity (Wildman–Crippen MR) is 82.2 cm³/mol. The number of nitrogens with one attached hydrogen (secondary N) is 2. The van der Waals surface area contributed by atoms with Crippen LogP contribution in [-0.4, -0.2) is 30.2 Å². The van der Waals surface area contributed by atoms with Crippen molar-refractivity contribution < 1.29 is 14.7 Å². The molecule has 1 rings (SSSR count). The van der Waals surface area contributed by atoms with E-state index in [1.807, 2.05) is 18.2 Å². The van der Waals surface area contributed by atoms with Crippen molar-refractivity contribution in [1.29, 1.82) is 0 Å². The van der Waals surface area contributed by atoms with E-state index in [2.05, 4.69) is 22.8 Å². The number of carboxylic acids is 1. The van der Waals surface area contributed by atoms with Crippen LogP contribution in [0.25, 0.3) is 0 Å². The number of carbonyl (C=O) groups excluding carboxylic acids is 1. The van der Waals surface area contributed by atoms with Crippen LogP contribution >= 0.6 is 0 Å². The molecule has 0 radical (unpaired) electrons. The fourth-order valence-electron chi connectivity index (χ4n) is 1.83. The van der Waals surface area contributed by atoms with Crippen molar-refractivity contribution >= 4 is 12.0 Å². The Labute approximate surface area is 125 Å². The van der Waals surface area contributed by atoms with Gasteiger partial charge in [-0.05, 0) is 31.7 Å². The molecule has 3 N–H and O–H groups in total. The van der Waals surface area contributed by atoms with E-state index in [0.29, 0.717) is 13.0 Å².